The largest absolute Gasteiger partial charge is 0.494 e. The van der Waals surface area contributed by atoms with Crippen molar-refractivity contribution in [3.05, 3.63) is 18.2 Å². The lowest BCUT2D eigenvalue weighted by molar-refractivity contribution is -0.117. The molecule has 0 heterocycles. The van der Waals surface area contributed by atoms with Gasteiger partial charge in [-0.25, -0.2) is 0 Å². The number of benzene rings is 1. The van der Waals surface area contributed by atoms with Crippen molar-refractivity contribution in [2.45, 2.75) is 46.1 Å². The summed E-state index contributed by atoms with van der Waals surface area (Å²) < 4.78 is 11.0. The molecule has 0 spiro atoms. The zero-order valence-corrected chi connectivity index (χ0v) is 13.1. The van der Waals surface area contributed by atoms with Crippen LogP contribution in [0.25, 0.3) is 0 Å². The van der Waals surface area contributed by atoms with Crippen LogP contribution in [0.3, 0.4) is 0 Å². The first-order valence-electron chi connectivity index (χ1n) is 7.58. The van der Waals surface area contributed by atoms with Crippen molar-refractivity contribution in [3.63, 3.8) is 0 Å². The van der Waals surface area contributed by atoms with Gasteiger partial charge in [-0.2, -0.15) is 0 Å². The zero-order valence-electron chi connectivity index (χ0n) is 13.1. The summed E-state index contributed by atoms with van der Waals surface area (Å²) in [5.41, 5.74) is 6.48. The van der Waals surface area contributed by atoms with Gasteiger partial charge in [-0.3, -0.25) is 4.79 Å². The van der Waals surface area contributed by atoms with Gasteiger partial charge in [0, 0.05) is 6.07 Å². The minimum Gasteiger partial charge on any atom is -0.494 e. The second-order valence-corrected chi connectivity index (χ2v) is 4.76. The van der Waals surface area contributed by atoms with Gasteiger partial charge >= 0.3 is 0 Å². The molecule has 0 aromatic heterocycles. The topological polar surface area (TPSA) is 73.6 Å². The third kappa shape index (κ3) is 5.63. The molecule has 0 saturated heterocycles. The molecule has 1 atom stereocenters. The van der Waals surface area contributed by atoms with Crippen LogP contribution in [0.1, 0.15) is 40.0 Å². The van der Waals surface area contributed by atoms with E-state index in [0.29, 0.717) is 36.8 Å². The Hall–Kier alpha value is -1.75. The number of carbonyl (C=O) groups is 1. The quantitative estimate of drug-likeness (QED) is 0.734. The first-order chi connectivity index (χ1) is 10.1. The highest BCUT2D eigenvalue weighted by Gasteiger charge is 2.15. The predicted molar refractivity (Wildman–Crippen MR) is 84.9 cm³/mol. The van der Waals surface area contributed by atoms with Crippen LogP contribution in [-0.4, -0.2) is 25.2 Å². The average molecular weight is 294 g/mol. The van der Waals surface area contributed by atoms with Crippen LogP contribution in [0.4, 0.5) is 5.69 Å². The number of nitrogens with one attached hydrogen (secondary N) is 1. The molecule has 0 saturated carbocycles. The van der Waals surface area contributed by atoms with Crippen molar-refractivity contribution < 1.29 is 14.3 Å². The van der Waals surface area contributed by atoms with Crippen molar-refractivity contribution in [2.75, 3.05) is 18.5 Å². The van der Waals surface area contributed by atoms with Crippen molar-refractivity contribution in [2.24, 2.45) is 5.73 Å². The summed E-state index contributed by atoms with van der Waals surface area (Å²) in [7, 11) is 0. The Morgan fingerprint density at radius 3 is 2.57 bits per heavy atom. The van der Waals surface area contributed by atoms with E-state index in [1.54, 1.807) is 12.1 Å². The fraction of sp³-hybridized carbons (Fsp3) is 0.562. The number of rotatable bonds is 9. The van der Waals surface area contributed by atoms with E-state index in [-0.39, 0.29) is 5.91 Å². The van der Waals surface area contributed by atoms with Gasteiger partial charge in [0.05, 0.1) is 24.9 Å². The molecule has 1 amide bonds. The van der Waals surface area contributed by atoms with Crippen LogP contribution in [0.5, 0.6) is 11.5 Å². The lowest BCUT2D eigenvalue weighted by atomic mass is 10.1. The molecule has 0 aliphatic carbocycles. The lowest BCUT2D eigenvalue weighted by Crippen LogP contribution is -2.35. The number of amides is 1. The van der Waals surface area contributed by atoms with Gasteiger partial charge < -0.3 is 20.5 Å². The molecular weight excluding hydrogens is 268 g/mol. The molecule has 1 aromatic rings. The molecular formula is C16H26N2O3. The highest BCUT2D eigenvalue weighted by molar-refractivity contribution is 5.96. The highest BCUT2D eigenvalue weighted by atomic mass is 16.5. The van der Waals surface area contributed by atoms with E-state index in [1.807, 2.05) is 19.9 Å². The molecule has 0 aliphatic heterocycles. The lowest BCUT2D eigenvalue weighted by Gasteiger charge is -2.16. The van der Waals surface area contributed by atoms with Crippen LogP contribution in [0.2, 0.25) is 0 Å². The fourth-order valence-electron chi connectivity index (χ4n) is 1.93. The summed E-state index contributed by atoms with van der Waals surface area (Å²) >= 11 is 0. The second kappa shape index (κ2) is 9.23. The van der Waals surface area contributed by atoms with Crippen LogP contribution < -0.4 is 20.5 Å². The van der Waals surface area contributed by atoms with Gasteiger partial charge in [-0.15, -0.1) is 0 Å². The molecule has 0 bridgehead atoms. The van der Waals surface area contributed by atoms with Crippen LogP contribution in [0, 0.1) is 0 Å². The molecule has 1 rings (SSSR count). The Kier molecular flexibility index (Phi) is 7.61. The number of ether oxygens (including phenoxy) is 2. The SMILES string of the molecule is CCCC[C@H](N)C(=O)Nc1cc(OCC)ccc1OCC. The Bertz CT molecular complexity index is 449. The van der Waals surface area contributed by atoms with E-state index in [4.69, 9.17) is 15.2 Å². The van der Waals surface area contributed by atoms with E-state index in [0.717, 1.165) is 12.8 Å². The Balaban J connectivity index is 2.82. The van der Waals surface area contributed by atoms with Crippen LogP contribution in [0.15, 0.2) is 18.2 Å². The van der Waals surface area contributed by atoms with E-state index < -0.39 is 6.04 Å². The van der Waals surface area contributed by atoms with Crippen LogP contribution >= 0.6 is 0 Å². The first-order valence-corrected chi connectivity index (χ1v) is 7.58. The Morgan fingerprint density at radius 2 is 1.95 bits per heavy atom. The molecule has 118 valence electrons. The van der Waals surface area contributed by atoms with E-state index >= 15 is 0 Å². The number of unbranched alkanes of at least 4 members (excludes halogenated alkanes) is 1. The van der Waals surface area contributed by atoms with Gasteiger partial charge in [0.15, 0.2) is 0 Å². The maximum Gasteiger partial charge on any atom is 0.241 e. The normalized spacial score (nSPS) is 11.8. The molecule has 0 fully saturated rings. The molecule has 21 heavy (non-hydrogen) atoms. The maximum atomic E-state index is 12.1. The zero-order chi connectivity index (χ0) is 15.7. The summed E-state index contributed by atoms with van der Waals surface area (Å²) in [6.45, 7) is 6.98. The first kappa shape index (κ1) is 17.3. The average Bonchev–Trinajstić information content (AvgIpc) is 2.47. The third-order valence-corrected chi connectivity index (χ3v) is 3.03. The molecule has 0 radical (unpaired) electrons. The van der Waals surface area contributed by atoms with Crippen molar-refractivity contribution in [1.29, 1.82) is 0 Å². The van der Waals surface area contributed by atoms with Crippen molar-refractivity contribution >= 4 is 11.6 Å². The molecule has 1 aromatic carbocycles. The number of hydrogen-bond acceptors (Lipinski definition) is 4. The van der Waals surface area contributed by atoms with Crippen LogP contribution in [-0.2, 0) is 4.79 Å². The Morgan fingerprint density at radius 1 is 1.24 bits per heavy atom. The minimum atomic E-state index is -0.504. The minimum absolute atomic E-state index is 0.196. The van der Waals surface area contributed by atoms with E-state index in [2.05, 4.69) is 12.2 Å². The number of nitrogens with two attached hydrogens (primary N) is 1. The van der Waals surface area contributed by atoms with Crippen molar-refractivity contribution in [1.82, 2.24) is 0 Å². The van der Waals surface area contributed by atoms with E-state index in [9.17, 15) is 4.79 Å². The second-order valence-electron chi connectivity index (χ2n) is 4.76. The van der Waals surface area contributed by atoms with Gasteiger partial charge in [0.2, 0.25) is 5.91 Å². The fourth-order valence-corrected chi connectivity index (χ4v) is 1.93. The van der Waals surface area contributed by atoms with Gasteiger partial charge in [-0.1, -0.05) is 19.8 Å². The standard InChI is InChI=1S/C16H26N2O3/c1-4-7-8-13(17)16(19)18-14-11-12(20-5-2)9-10-15(14)21-6-3/h9-11,13H,4-8,17H2,1-3H3,(H,18,19)/t13-/m0/s1. The third-order valence-electron chi connectivity index (χ3n) is 3.03. The maximum absolute atomic E-state index is 12.1. The van der Waals surface area contributed by atoms with Gasteiger partial charge in [0.25, 0.3) is 0 Å². The van der Waals surface area contributed by atoms with Crippen molar-refractivity contribution in [3.8, 4) is 11.5 Å². The molecule has 5 heteroatoms. The summed E-state index contributed by atoms with van der Waals surface area (Å²) in [6, 6.07) is 4.87. The summed E-state index contributed by atoms with van der Waals surface area (Å²) in [5.74, 6) is 1.12. The molecule has 3 N–H and O–H groups in total. The molecule has 5 nitrogen and oxygen atoms in total. The van der Waals surface area contributed by atoms with E-state index in [1.165, 1.54) is 0 Å². The number of hydrogen-bond donors (Lipinski definition) is 2. The molecule has 0 unspecified atom stereocenters. The monoisotopic (exact) mass is 294 g/mol. The predicted octanol–water partition coefficient (Wildman–Crippen LogP) is 2.94. The molecule has 0 aliphatic rings. The summed E-state index contributed by atoms with van der Waals surface area (Å²) in [4.78, 5) is 12.1. The number of anilines is 1. The Labute approximate surface area is 126 Å². The van der Waals surface area contributed by atoms with Gasteiger partial charge in [-0.05, 0) is 32.4 Å². The highest BCUT2D eigenvalue weighted by Crippen LogP contribution is 2.29. The van der Waals surface area contributed by atoms with Gasteiger partial charge in [0.1, 0.15) is 11.5 Å². The summed E-state index contributed by atoms with van der Waals surface area (Å²) in [6.07, 6.45) is 2.63. The number of carbonyl (C=O) groups excluding carboxylic acids is 1. The smallest absolute Gasteiger partial charge is 0.241 e. The summed E-state index contributed by atoms with van der Waals surface area (Å²) in [5, 5.41) is 2.83.